The molecule has 0 amide bonds. The summed E-state index contributed by atoms with van der Waals surface area (Å²) in [6, 6.07) is 12.8. The highest BCUT2D eigenvalue weighted by molar-refractivity contribution is 5.95. The zero-order chi connectivity index (χ0) is 14.7. The van der Waals surface area contributed by atoms with Crippen LogP contribution in [0.3, 0.4) is 0 Å². The first-order valence-electron chi connectivity index (χ1n) is 6.38. The molecule has 1 aromatic carbocycles. The molecule has 6 heteroatoms. The number of hydrogen-bond donors (Lipinski definition) is 0. The van der Waals surface area contributed by atoms with Gasteiger partial charge >= 0.3 is 5.97 Å². The zero-order valence-corrected chi connectivity index (χ0v) is 11.4. The van der Waals surface area contributed by atoms with Crippen molar-refractivity contribution < 1.29 is 14.3 Å². The Kier molecular flexibility index (Phi) is 3.51. The van der Waals surface area contributed by atoms with Gasteiger partial charge in [-0.1, -0.05) is 18.2 Å². The van der Waals surface area contributed by atoms with E-state index in [9.17, 15) is 4.79 Å². The van der Waals surface area contributed by atoms with Crippen molar-refractivity contribution in [1.29, 1.82) is 0 Å². The second-order valence-corrected chi connectivity index (χ2v) is 4.33. The molecule has 0 fully saturated rings. The van der Waals surface area contributed by atoms with Crippen LogP contribution in [0.2, 0.25) is 0 Å². The van der Waals surface area contributed by atoms with E-state index in [1.54, 1.807) is 22.7 Å². The number of carbonyl (C=O) groups excluding carboxylic acids is 1. The fraction of sp³-hybridized carbons (Fsp3) is 0.133. The highest BCUT2D eigenvalue weighted by atomic mass is 16.5. The number of rotatable bonds is 4. The average molecular weight is 283 g/mol. The Bertz CT molecular complexity index is 768. The molecule has 0 aliphatic carbocycles. The van der Waals surface area contributed by atoms with Crippen molar-refractivity contribution in [3.8, 4) is 5.75 Å². The van der Waals surface area contributed by atoms with Crippen LogP contribution in [-0.2, 0) is 11.3 Å². The van der Waals surface area contributed by atoms with Gasteiger partial charge in [0.1, 0.15) is 17.9 Å². The first kappa shape index (κ1) is 13.1. The van der Waals surface area contributed by atoms with Gasteiger partial charge in [-0.2, -0.15) is 0 Å². The lowest BCUT2D eigenvalue weighted by Gasteiger charge is -2.05. The fourth-order valence-electron chi connectivity index (χ4n) is 2.00. The Morgan fingerprint density at radius 3 is 2.71 bits per heavy atom. The van der Waals surface area contributed by atoms with Gasteiger partial charge in [-0.05, 0) is 24.3 Å². The lowest BCUT2D eigenvalue weighted by Crippen LogP contribution is -2.06. The van der Waals surface area contributed by atoms with Gasteiger partial charge in [-0.3, -0.25) is 4.40 Å². The average Bonchev–Trinajstić information content (AvgIpc) is 2.96. The van der Waals surface area contributed by atoms with Crippen LogP contribution in [0.15, 0.2) is 48.7 Å². The summed E-state index contributed by atoms with van der Waals surface area (Å²) in [7, 11) is 1.33. The molecule has 21 heavy (non-hydrogen) atoms. The van der Waals surface area contributed by atoms with Crippen molar-refractivity contribution in [2.45, 2.75) is 6.61 Å². The lowest BCUT2D eigenvalue weighted by atomic mass is 10.3. The molecule has 3 aromatic rings. The van der Waals surface area contributed by atoms with Gasteiger partial charge in [-0.25, -0.2) is 4.79 Å². The lowest BCUT2D eigenvalue weighted by molar-refractivity contribution is 0.0602. The van der Waals surface area contributed by atoms with Gasteiger partial charge in [0.05, 0.1) is 7.11 Å². The first-order valence-corrected chi connectivity index (χ1v) is 6.38. The standard InChI is InChI=1S/C15H13N3O3/c1-20-15(19)12-8-5-9-18-13(16-17-14(12)18)10-21-11-6-3-2-4-7-11/h2-9H,10H2,1H3. The SMILES string of the molecule is COC(=O)c1cccn2c(COc3ccccc3)nnc12. The Morgan fingerprint density at radius 2 is 1.95 bits per heavy atom. The predicted octanol–water partition coefficient (Wildman–Crippen LogP) is 2.09. The second kappa shape index (κ2) is 5.62. The molecule has 3 rings (SSSR count). The van der Waals surface area contributed by atoms with Crippen LogP contribution in [0.5, 0.6) is 5.75 Å². The van der Waals surface area contributed by atoms with E-state index < -0.39 is 5.97 Å². The van der Waals surface area contributed by atoms with Crippen molar-refractivity contribution in [3.63, 3.8) is 0 Å². The molecule has 0 atom stereocenters. The summed E-state index contributed by atoms with van der Waals surface area (Å²) in [6.45, 7) is 0.260. The maximum Gasteiger partial charge on any atom is 0.341 e. The molecule has 0 unspecified atom stereocenters. The molecule has 0 aliphatic heterocycles. The fourth-order valence-corrected chi connectivity index (χ4v) is 2.00. The van der Waals surface area contributed by atoms with E-state index in [1.807, 2.05) is 30.3 Å². The molecule has 0 radical (unpaired) electrons. The monoisotopic (exact) mass is 283 g/mol. The number of esters is 1. The van der Waals surface area contributed by atoms with Crippen molar-refractivity contribution in [1.82, 2.24) is 14.6 Å². The van der Waals surface area contributed by atoms with Crippen LogP contribution in [0.25, 0.3) is 5.65 Å². The summed E-state index contributed by atoms with van der Waals surface area (Å²) in [6.07, 6.45) is 1.78. The summed E-state index contributed by atoms with van der Waals surface area (Å²) in [5.74, 6) is 0.918. The van der Waals surface area contributed by atoms with Crippen LogP contribution < -0.4 is 4.74 Å². The van der Waals surface area contributed by atoms with Gasteiger partial charge in [0.2, 0.25) is 0 Å². The number of carbonyl (C=O) groups is 1. The van der Waals surface area contributed by atoms with Crippen LogP contribution in [0.4, 0.5) is 0 Å². The van der Waals surface area contributed by atoms with E-state index in [1.165, 1.54) is 7.11 Å². The van der Waals surface area contributed by atoms with Crippen molar-refractivity contribution in [3.05, 3.63) is 60.0 Å². The maximum absolute atomic E-state index is 11.7. The Morgan fingerprint density at radius 1 is 1.14 bits per heavy atom. The molecule has 0 spiro atoms. The molecule has 0 saturated heterocycles. The molecule has 106 valence electrons. The van der Waals surface area contributed by atoms with Gasteiger partial charge < -0.3 is 9.47 Å². The minimum Gasteiger partial charge on any atom is -0.486 e. The molecule has 6 nitrogen and oxygen atoms in total. The Balaban J connectivity index is 1.89. The molecular formula is C15H13N3O3. The number of methoxy groups -OCH3 is 1. The minimum absolute atomic E-state index is 0.260. The van der Waals surface area contributed by atoms with Crippen LogP contribution in [0, 0.1) is 0 Å². The third-order valence-electron chi connectivity index (χ3n) is 3.02. The smallest absolute Gasteiger partial charge is 0.341 e. The largest absolute Gasteiger partial charge is 0.486 e. The third kappa shape index (κ3) is 2.55. The van der Waals surface area contributed by atoms with Crippen LogP contribution >= 0.6 is 0 Å². The molecule has 2 heterocycles. The summed E-state index contributed by atoms with van der Waals surface area (Å²) in [5.41, 5.74) is 0.828. The quantitative estimate of drug-likeness (QED) is 0.686. The van der Waals surface area contributed by atoms with Gasteiger partial charge in [-0.15, -0.1) is 10.2 Å². The highest BCUT2D eigenvalue weighted by Gasteiger charge is 2.15. The van der Waals surface area contributed by atoms with Crippen molar-refractivity contribution >= 4 is 11.6 Å². The van der Waals surface area contributed by atoms with Gasteiger partial charge in [0.15, 0.2) is 11.5 Å². The van der Waals surface area contributed by atoms with Crippen molar-refractivity contribution in [2.75, 3.05) is 7.11 Å². The Labute approximate surface area is 120 Å². The van der Waals surface area contributed by atoms with E-state index in [2.05, 4.69) is 10.2 Å². The van der Waals surface area contributed by atoms with Gasteiger partial charge in [0, 0.05) is 6.20 Å². The second-order valence-electron chi connectivity index (χ2n) is 4.33. The van der Waals surface area contributed by atoms with E-state index in [-0.39, 0.29) is 6.61 Å². The summed E-state index contributed by atoms with van der Waals surface area (Å²) in [4.78, 5) is 11.7. The maximum atomic E-state index is 11.7. The predicted molar refractivity (Wildman–Crippen MR) is 75.1 cm³/mol. The number of fused-ring (bicyclic) bond motifs is 1. The minimum atomic E-state index is -0.441. The number of nitrogens with zero attached hydrogens (tertiary/aromatic N) is 3. The molecule has 2 aromatic heterocycles. The number of pyridine rings is 1. The molecular weight excluding hydrogens is 270 g/mol. The number of aromatic nitrogens is 3. The van der Waals surface area contributed by atoms with E-state index in [0.717, 1.165) is 5.75 Å². The molecule has 0 saturated carbocycles. The highest BCUT2D eigenvalue weighted by Crippen LogP contribution is 2.14. The number of hydrogen-bond acceptors (Lipinski definition) is 5. The van der Waals surface area contributed by atoms with E-state index >= 15 is 0 Å². The van der Waals surface area contributed by atoms with Crippen molar-refractivity contribution in [2.24, 2.45) is 0 Å². The number of benzene rings is 1. The van der Waals surface area contributed by atoms with Gasteiger partial charge in [0.25, 0.3) is 0 Å². The number of para-hydroxylation sites is 1. The third-order valence-corrected chi connectivity index (χ3v) is 3.02. The van der Waals surface area contributed by atoms with E-state index in [4.69, 9.17) is 9.47 Å². The van der Waals surface area contributed by atoms with Crippen LogP contribution in [0.1, 0.15) is 16.2 Å². The Hall–Kier alpha value is -2.89. The summed E-state index contributed by atoms with van der Waals surface area (Å²) < 4.78 is 12.1. The number of ether oxygens (including phenoxy) is 2. The zero-order valence-electron chi connectivity index (χ0n) is 11.4. The summed E-state index contributed by atoms with van der Waals surface area (Å²) >= 11 is 0. The summed E-state index contributed by atoms with van der Waals surface area (Å²) in [5, 5.41) is 8.10. The van der Waals surface area contributed by atoms with Crippen LogP contribution in [-0.4, -0.2) is 27.7 Å². The normalized spacial score (nSPS) is 10.5. The molecule has 0 bridgehead atoms. The first-order chi connectivity index (χ1) is 10.3. The molecule has 0 aliphatic rings. The van der Waals surface area contributed by atoms with E-state index in [0.29, 0.717) is 17.0 Å². The topological polar surface area (TPSA) is 65.7 Å². The molecule has 0 N–H and O–H groups in total.